The van der Waals surface area contributed by atoms with Crippen molar-refractivity contribution in [2.45, 2.75) is 151 Å². The summed E-state index contributed by atoms with van der Waals surface area (Å²) in [4.78, 5) is 94.9. The van der Waals surface area contributed by atoms with E-state index in [9.17, 15) is 72.0 Å². The fourth-order valence-corrected chi connectivity index (χ4v) is 11.0. The number of amides is 1. The van der Waals surface area contributed by atoms with Crippen molar-refractivity contribution < 1.29 is 262 Å². The maximum Gasteiger partial charge on any atom is 1.00 e. The Kier molecular flexibility index (Phi) is 60.9. The van der Waals surface area contributed by atoms with E-state index in [1.165, 1.54) is 109 Å². The summed E-state index contributed by atoms with van der Waals surface area (Å²) in [5.41, 5.74) is 2.95. The summed E-state index contributed by atoms with van der Waals surface area (Å²) >= 11 is 12.8. The molecule has 0 saturated carbocycles. The number of phenols is 2. The number of rotatable bonds is 19. The number of alkyl halides is 3. The van der Waals surface area contributed by atoms with Crippen LogP contribution in [0, 0.1) is 43.5 Å². The van der Waals surface area contributed by atoms with Crippen LogP contribution in [0.25, 0.3) is 89.2 Å². The number of hydrogen-bond acceptors (Lipinski definition) is 24. The second-order valence-corrected chi connectivity index (χ2v) is 27.8. The molecule has 0 spiro atoms. The van der Waals surface area contributed by atoms with Crippen molar-refractivity contribution in [2.24, 2.45) is 0 Å². The largest absolute Gasteiger partial charge is 1.00 e. The SMILES string of the molecule is C.C.C.C.C.C.C.CC(C)Br.CCOC(=O)c1c(-c2ccc(F)cc2)oc2cc([N+](=O)[O-])c(O)cc12.CCOC(=O)c1c(-c2ccc(F)cc2)oc2cc([N+](=O)[O-])c(OC(C)C)cc12.CCOC(=O)c1c(-c2ccc(F)cc2)oc2ccc(O)cc12.CCOC(=O)c1c(-c2ccc(F)cc2)oc2ccc(OC(C)C)cc12.CN1CCCC1=O.ClCCl.O=CO[O-].[Cs+].[Cs+].[H-]. The van der Waals surface area contributed by atoms with Gasteiger partial charge in [-0.15, -0.1) is 23.2 Å². The molecule has 2 N–H and O–H groups in total. The molecule has 12 aromatic rings. The third-order valence-electron chi connectivity index (χ3n) is 15.7. The van der Waals surface area contributed by atoms with Gasteiger partial charge in [0.1, 0.15) is 102 Å². The predicted molar refractivity (Wildman–Crippen MR) is 481 cm³/mol. The molecule has 1 aliphatic rings. The Hall–Kier alpha value is -8.42. The van der Waals surface area contributed by atoms with E-state index in [0.29, 0.717) is 83.1 Å². The summed E-state index contributed by atoms with van der Waals surface area (Å²) in [6, 6.07) is 36.5. The smallest absolute Gasteiger partial charge is 1.00 e. The van der Waals surface area contributed by atoms with E-state index < -0.39 is 56.8 Å². The molecule has 1 amide bonds. The molecule has 0 radical (unpaired) electrons. The zero-order valence-electron chi connectivity index (χ0n) is 68.3. The van der Waals surface area contributed by atoms with Crippen LogP contribution in [0.4, 0.5) is 28.9 Å². The molecule has 0 aliphatic carbocycles. The van der Waals surface area contributed by atoms with E-state index in [0.717, 1.165) is 31.5 Å². The number of likely N-dealkylation sites (tertiary alicyclic amines) is 1. The van der Waals surface area contributed by atoms with Crippen LogP contribution in [0.1, 0.15) is 177 Å². The number of nitro groups is 2. The first-order valence-electron chi connectivity index (χ1n) is 36.0. The molecule has 1 fully saturated rings. The molecule has 27 nitrogen and oxygen atoms in total. The van der Waals surface area contributed by atoms with Crippen LogP contribution < -0.4 is 153 Å². The van der Waals surface area contributed by atoms with Gasteiger partial charge in [0.15, 0.2) is 11.5 Å². The first-order chi connectivity index (χ1) is 56.2. The Morgan fingerprint density at radius 2 is 0.787 bits per heavy atom. The topological polar surface area (TPSA) is 373 Å². The Morgan fingerprint density at radius 1 is 0.496 bits per heavy atom. The number of fused-ring (bicyclic) bond motifs is 4. The minimum Gasteiger partial charge on any atom is -1.00 e. The van der Waals surface area contributed by atoms with Crippen molar-refractivity contribution in [2.75, 3.05) is 45.4 Å². The molecule has 684 valence electrons. The third kappa shape index (κ3) is 36.1. The van der Waals surface area contributed by atoms with Gasteiger partial charge in [-0.1, -0.05) is 81.8 Å². The third-order valence-corrected chi connectivity index (χ3v) is 15.7. The molecule has 0 unspecified atom stereocenters. The molecule has 0 atom stereocenters. The predicted octanol–water partition coefficient (Wildman–Crippen LogP) is 18.9. The molecule has 5 heterocycles. The van der Waals surface area contributed by atoms with Gasteiger partial charge >= 0.3 is 173 Å². The Labute approximate surface area is 874 Å². The van der Waals surface area contributed by atoms with Crippen LogP contribution in [-0.2, 0) is 33.4 Å². The number of carbonyl (C=O) groups is 6. The fourth-order valence-electron chi connectivity index (χ4n) is 11.0. The maximum atomic E-state index is 13.3. The van der Waals surface area contributed by atoms with Crippen LogP contribution in [0.5, 0.6) is 23.0 Å². The van der Waals surface area contributed by atoms with E-state index in [-0.39, 0.29) is 315 Å². The number of benzene rings is 8. The average Bonchev–Trinajstić information content (AvgIpc) is 1.63. The zero-order valence-corrected chi connectivity index (χ0v) is 83.0. The zero-order chi connectivity index (χ0) is 87.2. The van der Waals surface area contributed by atoms with E-state index in [1.54, 1.807) is 82.8 Å². The van der Waals surface area contributed by atoms with Crippen molar-refractivity contribution >= 4 is 131 Å². The summed E-state index contributed by atoms with van der Waals surface area (Å²) in [7, 11) is 1.84. The average molecular weight is 2120 g/mol. The number of carbonyl (C=O) groups excluding carboxylic acids is 6. The van der Waals surface area contributed by atoms with Gasteiger partial charge in [-0.2, -0.15) is 0 Å². The van der Waals surface area contributed by atoms with Gasteiger partial charge in [0.25, 0.3) is 6.47 Å². The second kappa shape index (κ2) is 62.0. The molecule has 13 rings (SSSR count). The minimum absolute atomic E-state index is 0. The number of nitrogens with zero attached hydrogens (tertiary/aromatic N) is 3. The summed E-state index contributed by atoms with van der Waals surface area (Å²) in [6.07, 6.45) is 1.50. The van der Waals surface area contributed by atoms with Gasteiger partial charge in [-0.25, -0.2) is 36.7 Å². The number of halogens is 7. The van der Waals surface area contributed by atoms with Crippen LogP contribution in [0.2, 0.25) is 0 Å². The number of aromatic hydroxyl groups is 2. The molecule has 1 aliphatic heterocycles. The molecule has 127 heavy (non-hydrogen) atoms. The number of ether oxygens (including phenoxy) is 6. The molecule has 0 bridgehead atoms. The normalized spacial score (nSPS) is 10.4. The Bertz CT molecular complexity index is 5450. The number of phenolic OH excluding ortho intramolecular Hbond substituents is 2. The second-order valence-electron chi connectivity index (χ2n) is 25.2. The van der Waals surface area contributed by atoms with Crippen LogP contribution in [-0.4, -0.2) is 124 Å². The maximum absolute atomic E-state index is 13.3. The summed E-state index contributed by atoms with van der Waals surface area (Å²) in [6.45, 7) is 19.7. The quantitative estimate of drug-likeness (QED) is 0.0111. The molecular formula is C91H110BrCl2Cs2F4N3O24. The number of hydrogen-bond donors (Lipinski definition) is 2. The van der Waals surface area contributed by atoms with Crippen LogP contribution in [0.15, 0.2) is 175 Å². The first-order valence-corrected chi connectivity index (χ1v) is 38.0. The molecule has 1 saturated heterocycles. The Morgan fingerprint density at radius 3 is 1.06 bits per heavy atom. The van der Waals surface area contributed by atoms with Gasteiger partial charge in [0, 0.05) is 68.6 Å². The standard InChI is InChI=1S/C20H18FNO6.C20H19FO4.C17H12FNO6.C17H13FO4.C5H9NO.C3H7Br.CH2Cl2.CH2O3.7CH4.2Cs.H/c1-4-26-20(23)18-14-9-17(27-11(2)3)15(22(24)25)10-16(14)28-19(18)12-5-7-13(21)8-6-12;1-4-23-20(22)18-16-11-15(24-12(2)3)9-10-17(16)25-19(18)13-5-7-14(21)8-6-13;1-2-24-17(21)15-11-7-13(20)12(19(22)23)8-14(11)25-16(15)9-3-5-10(18)6-4-9;1-2-21-17(20)15-13-9-12(19)7-8-14(13)22-16(15)10-3-5-11(18)6-4-10;1-6-4-2-3-5(6)7;1-3(2)4;2-1-3;2-1-4-3;;;;;;;;;;/h5-11H,4H2,1-3H3;5-12H,4H2,1-3H3;3-8,20H,2H2,1H3;3-9,19H,2H2,1H3;2-4H2,1H3;3H,1-2H3;1H2;1,3H;7*1H4;;;/q;;;;;;;;;;;;;;;2*+1;-1/p-1. The fraction of sp³-hybridized carbons (Fsp3) is 0.319. The van der Waals surface area contributed by atoms with E-state index in [2.05, 4.69) is 34.7 Å². The number of furan rings is 4. The van der Waals surface area contributed by atoms with Gasteiger partial charge in [-0.3, -0.25) is 29.8 Å². The minimum atomic E-state index is -0.765. The van der Waals surface area contributed by atoms with Gasteiger partial charge in [0.2, 0.25) is 5.91 Å². The van der Waals surface area contributed by atoms with Gasteiger partial charge in [0.05, 0.1) is 66.0 Å². The van der Waals surface area contributed by atoms with Crippen molar-refractivity contribution in [3.8, 4) is 68.3 Å². The van der Waals surface area contributed by atoms with E-state index in [1.807, 2.05) is 20.9 Å². The molecular weight excluding hydrogens is 2010 g/mol. The monoisotopic (exact) mass is 2120 g/mol. The van der Waals surface area contributed by atoms with Crippen molar-refractivity contribution in [1.82, 2.24) is 4.90 Å². The summed E-state index contributed by atoms with van der Waals surface area (Å²) in [5.74, 6) is -2.81. The summed E-state index contributed by atoms with van der Waals surface area (Å²) < 4.78 is 107. The van der Waals surface area contributed by atoms with Crippen molar-refractivity contribution in [3.63, 3.8) is 0 Å². The van der Waals surface area contributed by atoms with Crippen LogP contribution >= 0.6 is 39.1 Å². The Balaban J connectivity index is -0.000000481. The number of esters is 4. The van der Waals surface area contributed by atoms with Crippen molar-refractivity contribution in [3.05, 3.63) is 223 Å². The van der Waals surface area contributed by atoms with Crippen molar-refractivity contribution in [1.29, 1.82) is 0 Å². The van der Waals surface area contributed by atoms with Gasteiger partial charge in [-0.05, 0) is 207 Å². The van der Waals surface area contributed by atoms with E-state index in [4.69, 9.17) is 79.3 Å². The molecule has 8 aromatic carbocycles. The first kappa shape index (κ1) is 125. The summed E-state index contributed by atoms with van der Waals surface area (Å²) in [5, 5.41) is 52.1. The van der Waals surface area contributed by atoms with Crippen LogP contribution in [0.3, 0.4) is 0 Å². The van der Waals surface area contributed by atoms with E-state index >= 15 is 0 Å². The number of nitro benzene ring substituents is 2. The van der Waals surface area contributed by atoms with Gasteiger partial charge < -0.3 is 72.8 Å². The molecule has 36 heteroatoms. The molecule has 4 aromatic heterocycles.